The van der Waals surface area contributed by atoms with E-state index in [4.69, 9.17) is 9.47 Å². The van der Waals surface area contributed by atoms with Gasteiger partial charge in [-0.15, -0.1) is 0 Å². The number of esters is 2. The molecule has 0 aromatic heterocycles. The van der Waals surface area contributed by atoms with E-state index in [1.807, 2.05) is 13.0 Å². The lowest BCUT2D eigenvalue weighted by molar-refractivity contribution is -0.222. The molecule has 1 aliphatic rings. The van der Waals surface area contributed by atoms with Crippen LogP contribution in [0.5, 0.6) is 0 Å². The highest BCUT2D eigenvalue weighted by Crippen LogP contribution is 2.24. The lowest BCUT2D eigenvalue weighted by Crippen LogP contribution is -2.42. The lowest BCUT2D eigenvalue weighted by Gasteiger charge is -2.29. The predicted octanol–water partition coefficient (Wildman–Crippen LogP) is 2.48. The summed E-state index contributed by atoms with van der Waals surface area (Å²) in [6.07, 6.45) is 1.60. The van der Waals surface area contributed by atoms with Crippen LogP contribution in [0.15, 0.2) is 30.0 Å². The van der Waals surface area contributed by atoms with Crippen LogP contribution >= 0.6 is 0 Å². The summed E-state index contributed by atoms with van der Waals surface area (Å²) in [5.74, 6) is -2.88. The van der Waals surface area contributed by atoms with Crippen molar-refractivity contribution in [1.82, 2.24) is 0 Å². The molecule has 24 heavy (non-hydrogen) atoms. The average Bonchev–Trinajstić information content (AvgIpc) is 2.48. The first-order valence-electron chi connectivity index (χ1n) is 7.55. The van der Waals surface area contributed by atoms with E-state index in [2.05, 4.69) is 10.6 Å². The number of carbonyl (C=O) groups is 3. The Labute approximate surface area is 140 Å². The minimum atomic E-state index is -1.27. The molecule has 0 unspecified atom stereocenters. The zero-order valence-electron chi connectivity index (χ0n) is 14.1. The zero-order valence-corrected chi connectivity index (χ0v) is 14.1. The molecule has 0 aliphatic carbocycles. The molecule has 0 saturated carbocycles. The summed E-state index contributed by atoms with van der Waals surface area (Å²) in [6.45, 7) is 6.59. The van der Waals surface area contributed by atoms with Crippen molar-refractivity contribution in [3.05, 3.63) is 35.5 Å². The molecule has 1 fully saturated rings. The van der Waals surface area contributed by atoms with Crippen LogP contribution < -0.4 is 10.6 Å². The highest BCUT2D eigenvalue weighted by atomic mass is 16.7. The molecule has 1 aromatic carbocycles. The molecular formula is C17H20N2O5. The Hall–Kier alpha value is -2.83. The maximum Gasteiger partial charge on any atom is 0.350 e. The van der Waals surface area contributed by atoms with Crippen molar-refractivity contribution in [2.24, 2.45) is 0 Å². The molecule has 0 spiro atoms. The number of hydrogen-bond donors (Lipinski definition) is 2. The number of hydrogen-bond acceptors (Lipinski definition) is 6. The molecule has 7 heteroatoms. The van der Waals surface area contributed by atoms with Crippen LogP contribution in [0.3, 0.4) is 0 Å². The van der Waals surface area contributed by atoms with E-state index in [0.717, 1.165) is 5.56 Å². The van der Waals surface area contributed by atoms with E-state index in [9.17, 15) is 14.4 Å². The van der Waals surface area contributed by atoms with Gasteiger partial charge in [0.1, 0.15) is 0 Å². The molecule has 1 amide bonds. The van der Waals surface area contributed by atoms with Gasteiger partial charge in [0.25, 0.3) is 5.79 Å². The zero-order chi connectivity index (χ0) is 17.9. The molecule has 2 rings (SSSR count). The first-order valence-corrected chi connectivity index (χ1v) is 7.55. The van der Waals surface area contributed by atoms with Gasteiger partial charge in [-0.25, -0.2) is 9.59 Å². The molecule has 1 saturated heterocycles. The van der Waals surface area contributed by atoms with E-state index in [-0.39, 0.29) is 11.5 Å². The van der Waals surface area contributed by atoms with Gasteiger partial charge in [-0.2, -0.15) is 0 Å². The summed E-state index contributed by atoms with van der Waals surface area (Å²) in [5.41, 5.74) is 1.92. The maximum atomic E-state index is 11.9. The Morgan fingerprint density at radius 1 is 1.21 bits per heavy atom. The Kier molecular flexibility index (Phi) is 4.92. The van der Waals surface area contributed by atoms with Crippen LogP contribution in [0.1, 0.15) is 32.8 Å². The normalized spacial score (nSPS) is 16.1. The molecular weight excluding hydrogens is 312 g/mol. The summed E-state index contributed by atoms with van der Waals surface area (Å²) in [6, 6.07) is 5.29. The van der Waals surface area contributed by atoms with Crippen molar-refractivity contribution in [1.29, 1.82) is 0 Å². The minimum absolute atomic E-state index is 0.102. The maximum absolute atomic E-state index is 11.9. The van der Waals surface area contributed by atoms with Gasteiger partial charge in [-0.05, 0) is 24.6 Å². The number of benzene rings is 1. The van der Waals surface area contributed by atoms with Crippen molar-refractivity contribution < 1.29 is 23.9 Å². The number of anilines is 2. The van der Waals surface area contributed by atoms with Gasteiger partial charge in [0.05, 0.1) is 0 Å². The van der Waals surface area contributed by atoms with Crippen molar-refractivity contribution in [2.75, 3.05) is 10.6 Å². The number of nitrogens with one attached hydrogen (secondary N) is 2. The summed E-state index contributed by atoms with van der Waals surface area (Å²) < 4.78 is 10.0. The third kappa shape index (κ3) is 4.13. The van der Waals surface area contributed by atoms with Crippen molar-refractivity contribution in [3.63, 3.8) is 0 Å². The van der Waals surface area contributed by atoms with Gasteiger partial charge in [0.2, 0.25) is 5.91 Å². The lowest BCUT2D eigenvalue weighted by atomic mass is 10.1. The number of aryl methyl sites for hydroxylation is 1. The predicted molar refractivity (Wildman–Crippen MR) is 88.1 cm³/mol. The number of rotatable bonds is 4. The molecule has 0 radical (unpaired) electrons. The average molecular weight is 332 g/mol. The number of carbonyl (C=O) groups excluding carboxylic acids is 3. The largest absolute Gasteiger partial charge is 0.419 e. The van der Waals surface area contributed by atoms with Gasteiger partial charge in [-0.1, -0.05) is 13.0 Å². The van der Waals surface area contributed by atoms with Crippen LogP contribution in [-0.4, -0.2) is 23.6 Å². The highest BCUT2D eigenvalue weighted by Gasteiger charge is 2.38. The van der Waals surface area contributed by atoms with Crippen LogP contribution in [-0.2, 0) is 23.9 Å². The first kappa shape index (κ1) is 17.5. The number of amides is 1. The molecule has 0 atom stereocenters. The highest BCUT2D eigenvalue weighted by molar-refractivity contribution is 6.15. The molecule has 1 aromatic rings. The fraction of sp³-hybridized carbons (Fsp3) is 0.353. The Balaban J connectivity index is 2.17. The summed E-state index contributed by atoms with van der Waals surface area (Å²) in [4.78, 5) is 35.2. The van der Waals surface area contributed by atoms with Gasteiger partial charge in [-0.3, -0.25) is 4.79 Å². The van der Waals surface area contributed by atoms with Crippen LogP contribution in [0.4, 0.5) is 11.4 Å². The monoisotopic (exact) mass is 332 g/mol. The molecule has 7 nitrogen and oxygen atoms in total. The number of ether oxygens (including phenoxy) is 2. The van der Waals surface area contributed by atoms with E-state index in [0.29, 0.717) is 17.8 Å². The molecule has 2 N–H and O–H groups in total. The standard InChI is InChI=1S/C17H20N2O5/c1-5-14(20)19-13-8-11(7-6-10(13)2)18-9-12-15(21)23-17(3,4)24-16(12)22/h6-9,18H,5H2,1-4H3,(H,19,20). The summed E-state index contributed by atoms with van der Waals surface area (Å²) in [7, 11) is 0. The topological polar surface area (TPSA) is 93.7 Å². The smallest absolute Gasteiger partial charge is 0.350 e. The van der Waals surface area contributed by atoms with E-state index >= 15 is 0 Å². The third-order valence-corrected chi connectivity index (χ3v) is 3.33. The van der Waals surface area contributed by atoms with Crippen molar-refractivity contribution in [2.45, 2.75) is 39.9 Å². The first-order chi connectivity index (χ1) is 11.2. The van der Waals surface area contributed by atoms with Crippen LogP contribution in [0.25, 0.3) is 0 Å². The van der Waals surface area contributed by atoms with E-state index in [1.165, 1.54) is 20.0 Å². The fourth-order valence-corrected chi connectivity index (χ4v) is 2.02. The van der Waals surface area contributed by atoms with Gasteiger partial charge >= 0.3 is 11.9 Å². The fourth-order valence-electron chi connectivity index (χ4n) is 2.02. The van der Waals surface area contributed by atoms with Crippen molar-refractivity contribution >= 4 is 29.2 Å². The quantitative estimate of drug-likeness (QED) is 0.500. The van der Waals surface area contributed by atoms with Gasteiger partial charge in [0.15, 0.2) is 5.57 Å². The van der Waals surface area contributed by atoms with Gasteiger partial charge in [0, 0.05) is 37.8 Å². The molecule has 0 bridgehead atoms. The Bertz CT molecular complexity index is 700. The minimum Gasteiger partial charge on any atom is -0.419 e. The van der Waals surface area contributed by atoms with E-state index < -0.39 is 17.7 Å². The summed E-state index contributed by atoms with van der Waals surface area (Å²) in [5, 5.41) is 5.63. The second-order valence-corrected chi connectivity index (χ2v) is 5.81. The molecule has 1 aliphatic heterocycles. The molecule has 128 valence electrons. The SMILES string of the molecule is CCC(=O)Nc1cc(NC=C2C(=O)OC(C)(C)OC2=O)ccc1C. The second-order valence-electron chi connectivity index (χ2n) is 5.81. The number of cyclic esters (lactones) is 2. The molecule has 1 heterocycles. The van der Waals surface area contributed by atoms with Crippen LogP contribution in [0.2, 0.25) is 0 Å². The summed E-state index contributed by atoms with van der Waals surface area (Å²) >= 11 is 0. The Morgan fingerprint density at radius 2 is 1.83 bits per heavy atom. The van der Waals surface area contributed by atoms with E-state index in [1.54, 1.807) is 19.1 Å². The van der Waals surface area contributed by atoms with Crippen molar-refractivity contribution in [3.8, 4) is 0 Å². The third-order valence-electron chi connectivity index (χ3n) is 3.33. The van der Waals surface area contributed by atoms with Gasteiger partial charge < -0.3 is 20.1 Å². The Morgan fingerprint density at radius 3 is 2.42 bits per heavy atom. The van der Waals surface area contributed by atoms with Crippen LogP contribution in [0, 0.1) is 6.92 Å². The second kappa shape index (κ2) is 6.74.